The zero-order valence-corrected chi connectivity index (χ0v) is 38.3. The molecule has 8 rings (SSSR count). The van der Waals surface area contributed by atoms with E-state index >= 15 is 0 Å². The molecule has 61 heavy (non-hydrogen) atoms. The first-order chi connectivity index (χ1) is 29.4. The number of nitrogens with zero attached hydrogens (tertiary/aromatic N) is 2. The average Bonchev–Trinajstić information content (AvgIpc) is 3.50. The largest absolute Gasteiger partial charge is 0.310 e. The molecule has 0 bridgehead atoms. The molecule has 310 valence electrons. The number of hydrogen-bond acceptors (Lipinski definition) is 2. The first-order valence-corrected chi connectivity index (χ1v) is 22.7. The predicted octanol–water partition coefficient (Wildman–Crippen LogP) is 16.8. The lowest BCUT2D eigenvalue weighted by Crippen LogP contribution is -2.24. The SMILES string of the molecule is CCCCc1cc(C)c(N(c2ccc(C)cc2)c2ccc3c(c2)C(C)(c2cccc(C)c2)c2cc(N(c4ccc(C)cc4)c4c(C)cc(CCCC)cc4C)ccc2-3)c(C)c1. The second-order valence-corrected chi connectivity index (χ2v) is 18.2. The fraction of sp³-hybridized carbons (Fsp3) is 0.288. The molecule has 7 aromatic rings. The Morgan fingerprint density at radius 1 is 0.410 bits per heavy atom. The second-order valence-electron chi connectivity index (χ2n) is 18.2. The average molecular weight is 801 g/mol. The highest BCUT2D eigenvalue weighted by atomic mass is 15.2. The Kier molecular flexibility index (Phi) is 11.8. The fourth-order valence-corrected chi connectivity index (χ4v) is 10.1. The van der Waals surface area contributed by atoms with E-state index in [9.17, 15) is 0 Å². The highest BCUT2D eigenvalue weighted by molar-refractivity contribution is 5.91. The van der Waals surface area contributed by atoms with Gasteiger partial charge in [-0.15, -0.1) is 0 Å². The third-order valence-corrected chi connectivity index (χ3v) is 13.3. The van der Waals surface area contributed by atoms with E-state index in [1.807, 2.05) is 0 Å². The number of aryl methyl sites for hydroxylation is 9. The smallest absolute Gasteiger partial charge is 0.0520 e. The third-order valence-electron chi connectivity index (χ3n) is 13.3. The van der Waals surface area contributed by atoms with Crippen LogP contribution in [0.4, 0.5) is 34.1 Å². The highest BCUT2D eigenvalue weighted by Gasteiger charge is 2.42. The van der Waals surface area contributed by atoms with E-state index in [4.69, 9.17) is 0 Å². The van der Waals surface area contributed by atoms with Crippen molar-refractivity contribution in [1.82, 2.24) is 0 Å². The number of hydrogen-bond donors (Lipinski definition) is 0. The molecule has 7 aromatic carbocycles. The van der Waals surface area contributed by atoms with Gasteiger partial charge in [-0.1, -0.05) is 128 Å². The van der Waals surface area contributed by atoms with Crippen LogP contribution in [-0.2, 0) is 18.3 Å². The van der Waals surface area contributed by atoms with Crippen LogP contribution in [0.5, 0.6) is 0 Å². The summed E-state index contributed by atoms with van der Waals surface area (Å²) >= 11 is 0. The second kappa shape index (κ2) is 17.3. The molecule has 0 atom stereocenters. The van der Waals surface area contributed by atoms with Crippen molar-refractivity contribution >= 4 is 34.1 Å². The van der Waals surface area contributed by atoms with Gasteiger partial charge >= 0.3 is 0 Å². The maximum absolute atomic E-state index is 2.51. The zero-order valence-electron chi connectivity index (χ0n) is 38.3. The van der Waals surface area contributed by atoms with Gasteiger partial charge in [0.25, 0.3) is 0 Å². The Morgan fingerprint density at radius 2 is 0.803 bits per heavy atom. The molecular formula is C59H64N2. The Bertz CT molecular complexity index is 2490. The quantitative estimate of drug-likeness (QED) is 0.115. The molecule has 0 amide bonds. The van der Waals surface area contributed by atoms with Crippen LogP contribution >= 0.6 is 0 Å². The van der Waals surface area contributed by atoms with Crippen molar-refractivity contribution < 1.29 is 0 Å². The van der Waals surface area contributed by atoms with Gasteiger partial charge in [-0.05, 0) is 191 Å². The molecule has 0 spiro atoms. The minimum Gasteiger partial charge on any atom is -0.310 e. The van der Waals surface area contributed by atoms with Crippen LogP contribution in [0, 0.1) is 48.5 Å². The van der Waals surface area contributed by atoms with Gasteiger partial charge in [-0.3, -0.25) is 0 Å². The van der Waals surface area contributed by atoms with Crippen LogP contribution in [0.25, 0.3) is 11.1 Å². The first-order valence-electron chi connectivity index (χ1n) is 22.7. The van der Waals surface area contributed by atoms with Gasteiger partial charge in [-0.2, -0.15) is 0 Å². The maximum Gasteiger partial charge on any atom is 0.0520 e. The summed E-state index contributed by atoms with van der Waals surface area (Å²) in [5.74, 6) is 0. The topological polar surface area (TPSA) is 6.48 Å². The van der Waals surface area contributed by atoms with Crippen molar-refractivity contribution in [2.45, 2.75) is 113 Å². The van der Waals surface area contributed by atoms with E-state index in [1.54, 1.807) is 0 Å². The minimum atomic E-state index is -0.414. The summed E-state index contributed by atoms with van der Waals surface area (Å²) in [7, 11) is 0. The predicted molar refractivity (Wildman–Crippen MR) is 264 cm³/mol. The van der Waals surface area contributed by atoms with E-state index in [-0.39, 0.29) is 0 Å². The van der Waals surface area contributed by atoms with E-state index in [1.165, 1.54) is 138 Å². The zero-order chi connectivity index (χ0) is 43.0. The Morgan fingerprint density at radius 3 is 1.18 bits per heavy atom. The Hall–Kier alpha value is -5.86. The first kappa shape index (κ1) is 41.9. The summed E-state index contributed by atoms with van der Waals surface area (Å²) in [6, 6.07) is 51.5. The molecule has 2 nitrogen and oxygen atoms in total. The standard InChI is InChI=1S/C59H64N2/c1-11-13-17-46-33-42(6)57(43(7)34-46)60(49-24-20-39(3)21-25-49)51-28-30-53-54-31-29-52(38-56(54)59(10,55(53)37-51)48-19-15-16-41(5)32-48)61(50-26-22-40(4)23-27-50)58-44(8)35-47(18-14-12-2)36-45(58)9/h15-16,19-38H,11-14,17-18H2,1-10H3. The molecule has 0 aliphatic heterocycles. The van der Waals surface area contributed by atoms with Crippen molar-refractivity contribution in [3.8, 4) is 11.1 Å². The maximum atomic E-state index is 2.51. The van der Waals surface area contributed by atoms with Crippen LogP contribution in [0.2, 0.25) is 0 Å². The van der Waals surface area contributed by atoms with Gasteiger partial charge in [0.05, 0.1) is 11.4 Å². The summed E-state index contributed by atoms with van der Waals surface area (Å²) in [5.41, 5.74) is 25.3. The van der Waals surface area contributed by atoms with Crippen LogP contribution in [0.1, 0.15) is 113 Å². The van der Waals surface area contributed by atoms with E-state index in [2.05, 4.69) is 212 Å². The monoisotopic (exact) mass is 801 g/mol. The normalized spacial score (nSPS) is 12.6. The number of fused-ring (bicyclic) bond motifs is 3. The number of benzene rings is 7. The third kappa shape index (κ3) is 7.94. The van der Waals surface area contributed by atoms with Crippen LogP contribution in [-0.4, -0.2) is 0 Å². The summed E-state index contributed by atoms with van der Waals surface area (Å²) in [4.78, 5) is 5.02. The van der Waals surface area contributed by atoms with Crippen LogP contribution < -0.4 is 9.80 Å². The lowest BCUT2D eigenvalue weighted by atomic mass is 9.73. The molecular weight excluding hydrogens is 737 g/mol. The van der Waals surface area contributed by atoms with E-state index in [0.29, 0.717) is 0 Å². The van der Waals surface area contributed by atoms with Crippen molar-refractivity contribution in [3.63, 3.8) is 0 Å². The molecule has 0 unspecified atom stereocenters. The van der Waals surface area contributed by atoms with Gasteiger partial charge in [0.2, 0.25) is 0 Å². The minimum absolute atomic E-state index is 0.414. The molecule has 0 aromatic heterocycles. The van der Waals surface area contributed by atoms with Crippen LogP contribution in [0.3, 0.4) is 0 Å². The highest BCUT2D eigenvalue weighted by Crippen LogP contribution is 2.56. The fourth-order valence-electron chi connectivity index (χ4n) is 10.1. The van der Waals surface area contributed by atoms with E-state index < -0.39 is 5.41 Å². The van der Waals surface area contributed by atoms with Gasteiger partial charge in [0.1, 0.15) is 0 Å². The molecule has 0 saturated carbocycles. The number of unbranched alkanes of at least 4 members (excludes halogenated alkanes) is 2. The van der Waals surface area contributed by atoms with Gasteiger partial charge in [0.15, 0.2) is 0 Å². The van der Waals surface area contributed by atoms with Gasteiger partial charge in [0, 0.05) is 28.2 Å². The molecule has 0 heterocycles. The van der Waals surface area contributed by atoms with Crippen molar-refractivity contribution in [1.29, 1.82) is 0 Å². The molecule has 0 saturated heterocycles. The molecule has 1 aliphatic rings. The van der Waals surface area contributed by atoms with Crippen LogP contribution in [0.15, 0.2) is 133 Å². The van der Waals surface area contributed by atoms with E-state index in [0.717, 1.165) is 12.8 Å². The molecule has 0 N–H and O–H groups in total. The lowest BCUT2D eigenvalue weighted by molar-refractivity contribution is 0.713. The Balaban J connectivity index is 1.33. The summed E-state index contributed by atoms with van der Waals surface area (Å²) in [6.45, 7) is 22.8. The van der Waals surface area contributed by atoms with Crippen molar-refractivity contribution in [2.75, 3.05) is 9.80 Å². The number of rotatable bonds is 13. The molecule has 1 aliphatic carbocycles. The van der Waals surface area contributed by atoms with Gasteiger partial charge in [-0.25, -0.2) is 0 Å². The molecule has 0 fully saturated rings. The summed E-state index contributed by atoms with van der Waals surface area (Å²) in [5, 5.41) is 0. The Labute approximate surface area is 366 Å². The molecule has 2 heteroatoms. The number of anilines is 6. The van der Waals surface area contributed by atoms with Gasteiger partial charge < -0.3 is 9.80 Å². The lowest BCUT2D eigenvalue weighted by Gasteiger charge is -2.33. The summed E-state index contributed by atoms with van der Waals surface area (Å²) < 4.78 is 0. The van der Waals surface area contributed by atoms with Crippen molar-refractivity contribution in [3.05, 3.63) is 200 Å². The molecule has 0 radical (unpaired) electrons. The summed E-state index contributed by atoms with van der Waals surface area (Å²) in [6.07, 6.45) is 7.03. The van der Waals surface area contributed by atoms with Crippen molar-refractivity contribution in [2.24, 2.45) is 0 Å².